The molecule has 3 aliphatic heterocycles. The van der Waals surface area contributed by atoms with Crippen LogP contribution < -0.4 is 10.6 Å². The highest BCUT2D eigenvalue weighted by Gasteiger charge is 2.53. The first-order valence-electron chi connectivity index (χ1n) is 12.1. The van der Waals surface area contributed by atoms with Crippen molar-refractivity contribution in [3.8, 4) is 0 Å². The number of ketones is 1. The highest BCUT2D eigenvalue weighted by Crippen LogP contribution is 2.36. The average Bonchev–Trinajstić information content (AvgIpc) is 3.37. The summed E-state index contributed by atoms with van der Waals surface area (Å²) in [6.07, 6.45) is -0.271. The number of benzene rings is 1. The minimum absolute atomic E-state index is 0.0146. The van der Waals surface area contributed by atoms with E-state index in [1.165, 1.54) is 0 Å². The Morgan fingerprint density at radius 3 is 2.53 bits per heavy atom. The normalized spacial score (nSPS) is 26.3. The SMILES string of the molecule is CO[C@H]1CN(C(=O)[C@@H](CC(C)C)c2cc(N3CCN(C)CC3)ccc2C(N)=O)[C@@H]2C(=O)CO[C@H]12. The van der Waals surface area contributed by atoms with Gasteiger partial charge in [0.2, 0.25) is 11.8 Å². The highest BCUT2D eigenvalue weighted by molar-refractivity contribution is 5.99. The van der Waals surface area contributed by atoms with Crippen LogP contribution in [0.5, 0.6) is 0 Å². The summed E-state index contributed by atoms with van der Waals surface area (Å²) in [5, 5.41) is 0. The number of anilines is 1. The number of likely N-dealkylation sites (N-methyl/N-ethyl adjacent to an activating group) is 1. The number of amides is 2. The van der Waals surface area contributed by atoms with Gasteiger partial charge in [0, 0.05) is 44.5 Å². The van der Waals surface area contributed by atoms with E-state index in [0.717, 1.165) is 31.9 Å². The second-order valence-electron chi connectivity index (χ2n) is 10.1. The van der Waals surface area contributed by atoms with Gasteiger partial charge in [0.1, 0.15) is 24.9 Å². The number of nitrogens with zero attached hydrogens (tertiary/aromatic N) is 3. The fraction of sp³-hybridized carbons (Fsp3) is 0.640. The Morgan fingerprint density at radius 1 is 1.21 bits per heavy atom. The van der Waals surface area contributed by atoms with Gasteiger partial charge in [-0.15, -0.1) is 0 Å². The molecular weight excluding hydrogens is 436 g/mol. The number of carbonyl (C=O) groups excluding carboxylic acids is 3. The number of rotatable bonds is 7. The third-order valence-electron chi connectivity index (χ3n) is 7.27. The first-order chi connectivity index (χ1) is 16.2. The van der Waals surface area contributed by atoms with E-state index in [0.29, 0.717) is 17.5 Å². The van der Waals surface area contributed by atoms with Crippen molar-refractivity contribution in [3.05, 3.63) is 29.3 Å². The zero-order valence-corrected chi connectivity index (χ0v) is 20.5. The molecule has 0 spiro atoms. The molecule has 3 saturated heterocycles. The van der Waals surface area contributed by atoms with Crippen molar-refractivity contribution in [1.82, 2.24) is 9.80 Å². The Kier molecular flexibility index (Phi) is 7.25. The maximum atomic E-state index is 14.0. The predicted octanol–water partition coefficient (Wildman–Crippen LogP) is 0.861. The number of hydrogen-bond acceptors (Lipinski definition) is 7. The number of fused-ring (bicyclic) bond motifs is 1. The van der Waals surface area contributed by atoms with Crippen LogP contribution in [0.25, 0.3) is 0 Å². The smallest absolute Gasteiger partial charge is 0.249 e. The molecule has 4 atom stereocenters. The van der Waals surface area contributed by atoms with Gasteiger partial charge >= 0.3 is 0 Å². The fourth-order valence-electron chi connectivity index (χ4n) is 5.40. The van der Waals surface area contributed by atoms with Gasteiger partial charge in [-0.25, -0.2) is 0 Å². The quantitative estimate of drug-likeness (QED) is 0.628. The lowest BCUT2D eigenvalue weighted by Crippen LogP contribution is -2.45. The van der Waals surface area contributed by atoms with Gasteiger partial charge in [-0.2, -0.15) is 0 Å². The summed E-state index contributed by atoms with van der Waals surface area (Å²) in [6, 6.07) is 4.95. The Morgan fingerprint density at radius 2 is 1.91 bits per heavy atom. The number of primary amides is 1. The van der Waals surface area contributed by atoms with Crippen molar-refractivity contribution < 1.29 is 23.9 Å². The molecule has 3 aliphatic rings. The number of carbonyl (C=O) groups is 3. The summed E-state index contributed by atoms with van der Waals surface area (Å²) >= 11 is 0. The van der Waals surface area contributed by atoms with Crippen LogP contribution in [0.2, 0.25) is 0 Å². The lowest BCUT2D eigenvalue weighted by Gasteiger charge is -2.35. The molecule has 0 bridgehead atoms. The van der Waals surface area contributed by atoms with E-state index in [4.69, 9.17) is 15.2 Å². The fourth-order valence-corrected chi connectivity index (χ4v) is 5.40. The van der Waals surface area contributed by atoms with Crippen molar-refractivity contribution in [2.75, 3.05) is 58.4 Å². The van der Waals surface area contributed by atoms with Crippen molar-refractivity contribution in [2.45, 2.75) is 44.4 Å². The first kappa shape index (κ1) is 24.6. The summed E-state index contributed by atoms with van der Waals surface area (Å²) in [5.41, 5.74) is 7.72. The molecule has 9 nitrogen and oxygen atoms in total. The van der Waals surface area contributed by atoms with Gasteiger partial charge in [0.25, 0.3) is 0 Å². The number of ether oxygens (including phenoxy) is 2. The van der Waals surface area contributed by atoms with Crippen LogP contribution in [-0.2, 0) is 19.1 Å². The topological polar surface area (TPSA) is 105 Å². The van der Waals surface area contributed by atoms with Gasteiger partial charge in [0.05, 0.1) is 12.5 Å². The van der Waals surface area contributed by atoms with Gasteiger partial charge in [-0.3, -0.25) is 14.4 Å². The summed E-state index contributed by atoms with van der Waals surface area (Å²) in [6.45, 7) is 7.98. The molecule has 0 radical (unpaired) electrons. The lowest BCUT2D eigenvalue weighted by molar-refractivity contribution is -0.138. The van der Waals surface area contributed by atoms with E-state index < -0.39 is 24.0 Å². The number of nitrogens with two attached hydrogens (primary N) is 1. The third kappa shape index (κ3) is 4.69. The predicted molar refractivity (Wildman–Crippen MR) is 128 cm³/mol. The number of methoxy groups -OCH3 is 1. The van der Waals surface area contributed by atoms with Crippen LogP contribution in [0, 0.1) is 5.92 Å². The average molecular weight is 473 g/mol. The van der Waals surface area contributed by atoms with Crippen molar-refractivity contribution in [1.29, 1.82) is 0 Å². The monoisotopic (exact) mass is 472 g/mol. The molecule has 0 saturated carbocycles. The summed E-state index contributed by atoms with van der Waals surface area (Å²) in [5.74, 6) is -1.26. The molecule has 3 fully saturated rings. The Labute approximate surface area is 201 Å². The molecule has 2 amide bonds. The van der Waals surface area contributed by atoms with Crippen LogP contribution >= 0.6 is 0 Å². The molecular formula is C25H36N4O5. The molecule has 34 heavy (non-hydrogen) atoms. The molecule has 3 heterocycles. The Bertz CT molecular complexity index is 943. The number of Topliss-reactive ketones (excluding diaryl/α,β-unsaturated/α-hetero) is 1. The molecule has 1 aromatic rings. The maximum absolute atomic E-state index is 14.0. The molecule has 9 heteroatoms. The first-order valence-corrected chi connectivity index (χ1v) is 12.1. The molecule has 186 valence electrons. The van der Waals surface area contributed by atoms with Gasteiger partial charge in [-0.05, 0) is 43.1 Å². The zero-order valence-electron chi connectivity index (χ0n) is 20.5. The third-order valence-corrected chi connectivity index (χ3v) is 7.27. The number of likely N-dealkylation sites (tertiary alicyclic amines) is 1. The van der Waals surface area contributed by atoms with Crippen molar-refractivity contribution >= 4 is 23.3 Å². The Hall–Kier alpha value is -2.49. The Balaban J connectivity index is 1.71. The maximum Gasteiger partial charge on any atom is 0.249 e. The minimum atomic E-state index is -0.648. The van der Waals surface area contributed by atoms with E-state index in [2.05, 4.69) is 16.8 Å². The van der Waals surface area contributed by atoms with Crippen LogP contribution in [0.1, 0.15) is 42.1 Å². The zero-order chi connectivity index (χ0) is 24.6. The summed E-state index contributed by atoms with van der Waals surface area (Å²) in [7, 11) is 3.67. The lowest BCUT2D eigenvalue weighted by atomic mass is 9.85. The summed E-state index contributed by atoms with van der Waals surface area (Å²) < 4.78 is 11.2. The molecule has 0 aromatic heterocycles. The molecule has 1 aromatic carbocycles. The number of hydrogen-bond donors (Lipinski definition) is 1. The second-order valence-corrected chi connectivity index (χ2v) is 10.1. The molecule has 4 rings (SSSR count). The van der Waals surface area contributed by atoms with E-state index in [9.17, 15) is 14.4 Å². The van der Waals surface area contributed by atoms with Crippen molar-refractivity contribution in [3.63, 3.8) is 0 Å². The van der Waals surface area contributed by atoms with Crippen LogP contribution in [0.15, 0.2) is 18.2 Å². The van der Waals surface area contributed by atoms with E-state index in [-0.39, 0.29) is 36.9 Å². The largest absolute Gasteiger partial charge is 0.377 e. The van der Waals surface area contributed by atoms with Crippen molar-refractivity contribution in [2.24, 2.45) is 11.7 Å². The van der Waals surface area contributed by atoms with Gasteiger partial charge in [-0.1, -0.05) is 13.8 Å². The molecule has 0 unspecified atom stereocenters. The van der Waals surface area contributed by atoms with E-state index in [1.54, 1.807) is 18.1 Å². The number of piperazine rings is 1. The van der Waals surface area contributed by atoms with Crippen LogP contribution in [-0.4, -0.2) is 99.1 Å². The van der Waals surface area contributed by atoms with E-state index >= 15 is 0 Å². The van der Waals surface area contributed by atoms with Gasteiger partial charge in [0.15, 0.2) is 5.78 Å². The van der Waals surface area contributed by atoms with E-state index in [1.807, 2.05) is 26.0 Å². The highest BCUT2D eigenvalue weighted by atomic mass is 16.5. The second kappa shape index (κ2) is 10.0. The minimum Gasteiger partial charge on any atom is -0.377 e. The summed E-state index contributed by atoms with van der Waals surface area (Å²) in [4.78, 5) is 45.2. The van der Waals surface area contributed by atoms with Crippen LogP contribution in [0.3, 0.4) is 0 Å². The standard InChI is InChI=1S/C25H36N4O5/c1-15(2)11-19(25(32)29-13-21(33-4)23-22(29)20(30)14-34-23)18-12-16(5-6-17(18)24(26)31)28-9-7-27(3)8-10-28/h5-6,12,15,19,21-23H,7-11,13-14H2,1-4H3,(H2,26,31)/t19-,21-,22+,23+/m0/s1. The molecule has 0 aliphatic carbocycles. The van der Waals surface area contributed by atoms with Gasteiger partial charge < -0.3 is 29.9 Å². The molecule has 2 N–H and O–H groups in total. The van der Waals surface area contributed by atoms with Crippen LogP contribution in [0.4, 0.5) is 5.69 Å².